The first-order chi connectivity index (χ1) is 9.99. The fraction of sp³-hybridized carbons (Fsp3) is 0.600. The molecule has 0 bridgehead atoms. The molecule has 2 amide bonds. The van der Waals surface area contributed by atoms with Crippen LogP contribution in [-0.2, 0) is 4.79 Å². The van der Waals surface area contributed by atoms with E-state index in [9.17, 15) is 9.59 Å². The van der Waals surface area contributed by atoms with Crippen LogP contribution in [-0.4, -0.2) is 53.8 Å². The summed E-state index contributed by atoms with van der Waals surface area (Å²) in [5.41, 5.74) is 5.95. The molecule has 1 aliphatic rings. The van der Waals surface area contributed by atoms with Crippen molar-refractivity contribution in [3.05, 3.63) is 22.4 Å². The Balaban J connectivity index is 1.83. The Morgan fingerprint density at radius 1 is 1.24 bits per heavy atom. The molecule has 0 aliphatic carbocycles. The number of thiophene rings is 1. The first-order valence-electron chi connectivity index (χ1n) is 7.35. The van der Waals surface area contributed by atoms with Crippen LogP contribution in [0.1, 0.15) is 29.9 Å². The van der Waals surface area contributed by atoms with Gasteiger partial charge in [-0.3, -0.25) is 9.59 Å². The number of hydrogen-bond donors (Lipinski definition) is 1. The third kappa shape index (κ3) is 4.04. The summed E-state index contributed by atoms with van der Waals surface area (Å²) in [6.07, 6.45) is 0.385. The quantitative estimate of drug-likeness (QED) is 0.914. The molecular formula is C15H23N3O2S. The van der Waals surface area contributed by atoms with Gasteiger partial charge in [-0.1, -0.05) is 19.9 Å². The Hall–Kier alpha value is -1.40. The number of amides is 2. The Morgan fingerprint density at radius 2 is 1.86 bits per heavy atom. The van der Waals surface area contributed by atoms with Gasteiger partial charge in [0, 0.05) is 38.6 Å². The highest BCUT2D eigenvalue weighted by atomic mass is 32.1. The number of rotatable bonds is 4. The molecular weight excluding hydrogens is 286 g/mol. The smallest absolute Gasteiger partial charge is 0.264 e. The van der Waals surface area contributed by atoms with Crippen molar-refractivity contribution in [1.29, 1.82) is 0 Å². The third-order valence-corrected chi connectivity index (χ3v) is 4.78. The molecule has 0 radical (unpaired) electrons. The Labute approximate surface area is 129 Å². The lowest BCUT2D eigenvalue weighted by molar-refractivity contribution is -0.133. The summed E-state index contributed by atoms with van der Waals surface area (Å²) in [7, 11) is 0. The van der Waals surface area contributed by atoms with Crippen molar-refractivity contribution < 1.29 is 9.59 Å². The predicted molar refractivity (Wildman–Crippen MR) is 84.2 cm³/mol. The Morgan fingerprint density at radius 3 is 2.38 bits per heavy atom. The van der Waals surface area contributed by atoms with Crippen LogP contribution >= 0.6 is 11.3 Å². The maximum absolute atomic E-state index is 12.2. The molecule has 0 spiro atoms. The van der Waals surface area contributed by atoms with Crippen LogP contribution in [0.25, 0.3) is 0 Å². The molecule has 1 aromatic rings. The molecule has 6 heteroatoms. The highest BCUT2D eigenvalue weighted by Gasteiger charge is 2.26. The summed E-state index contributed by atoms with van der Waals surface area (Å²) < 4.78 is 0. The van der Waals surface area contributed by atoms with E-state index in [1.807, 2.05) is 41.2 Å². The van der Waals surface area contributed by atoms with Crippen LogP contribution < -0.4 is 5.73 Å². The van der Waals surface area contributed by atoms with Crippen LogP contribution in [0.2, 0.25) is 0 Å². The van der Waals surface area contributed by atoms with Gasteiger partial charge in [-0.15, -0.1) is 11.3 Å². The number of carbonyl (C=O) groups excluding carboxylic acids is 2. The molecule has 5 nitrogen and oxygen atoms in total. The summed E-state index contributed by atoms with van der Waals surface area (Å²) in [6.45, 7) is 6.44. The van der Waals surface area contributed by atoms with E-state index in [0.29, 0.717) is 38.5 Å². The lowest BCUT2D eigenvalue weighted by Gasteiger charge is -2.35. The van der Waals surface area contributed by atoms with E-state index in [1.165, 1.54) is 11.3 Å². The summed E-state index contributed by atoms with van der Waals surface area (Å²) >= 11 is 1.46. The van der Waals surface area contributed by atoms with Gasteiger partial charge < -0.3 is 15.5 Å². The predicted octanol–water partition coefficient (Wildman–Crippen LogP) is 1.41. The minimum absolute atomic E-state index is 0.0657. The topological polar surface area (TPSA) is 66.6 Å². The van der Waals surface area contributed by atoms with Crippen LogP contribution in [0.5, 0.6) is 0 Å². The SMILES string of the molecule is CC(C)C(N)CC(=O)N1CCN(C(=O)c2cccs2)CC1. The van der Waals surface area contributed by atoms with Gasteiger partial charge in [-0.25, -0.2) is 0 Å². The van der Waals surface area contributed by atoms with Gasteiger partial charge in [0.05, 0.1) is 4.88 Å². The molecule has 0 saturated carbocycles. The highest BCUT2D eigenvalue weighted by Crippen LogP contribution is 2.14. The summed E-state index contributed by atoms with van der Waals surface area (Å²) in [5.74, 6) is 0.464. The Kier molecular flexibility index (Phi) is 5.36. The zero-order chi connectivity index (χ0) is 15.4. The second-order valence-corrected chi connectivity index (χ2v) is 6.71. The van der Waals surface area contributed by atoms with Crippen LogP contribution in [0.4, 0.5) is 0 Å². The number of hydrogen-bond acceptors (Lipinski definition) is 4. The van der Waals surface area contributed by atoms with E-state index < -0.39 is 0 Å². The molecule has 1 unspecified atom stereocenters. The number of piperazine rings is 1. The number of nitrogens with zero attached hydrogens (tertiary/aromatic N) is 2. The van der Waals surface area contributed by atoms with Gasteiger partial charge in [0.15, 0.2) is 0 Å². The van der Waals surface area contributed by atoms with Crippen molar-refractivity contribution in [2.75, 3.05) is 26.2 Å². The fourth-order valence-corrected chi connectivity index (χ4v) is 2.97. The molecule has 2 N–H and O–H groups in total. The molecule has 21 heavy (non-hydrogen) atoms. The first-order valence-corrected chi connectivity index (χ1v) is 8.23. The van der Waals surface area contributed by atoms with E-state index in [4.69, 9.17) is 5.73 Å². The lowest BCUT2D eigenvalue weighted by Crippen LogP contribution is -2.51. The van der Waals surface area contributed by atoms with Crippen molar-refractivity contribution in [1.82, 2.24) is 9.80 Å². The summed E-state index contributed by atoms with van der Waals surface area (Å²) in [6, 6.07) is 3.63. The van der Waals surface area contributed by atoms with Gasteiger partial charge in [0.1, 0.15) is 0 Å². The maximum atomic E-state index is 12.2. The fourth-order valence-electron chi connectivity index (χ4n) is 2.28. The summed E-state index contributed by atoms with van der Waals surface area (Å²) in [4.78, 5) is 28.8. The van der Waals surface area contributed by atoms with Crippen molar-refractivity contribution >= 4 is 23.2 Å². The van der Waals surface area contributed by atoms with E-state index in [-0.39, 0.29) is 17.9 Å². The summed E-state index contributed by atoms with van der Waals surface area (Å²) in [5, 5.41) is 1.90. The van der Waals surface area contributed by atoms with Gasteiger partial charge in [-0.2, -0.15) is 0 Å². The largest absolute Gasteiger partial charge is 0.339 e. The monoisotopic (exact) mass is 309 g/mol. The average Bonchev–Trinajstić information content (AvgIpc) is 3.00. The van der Waals surface area contributed by atoms with Gasteiger partial charge in [0.2, 0.25) is 5.91 Å². The highest BCUT2D eigenvalue weighted by molar-refractivity contribution is 7.12. The molecule has 0 aromatic carbocycles. The minimum atomic E-state index is -0.0942. The van der Waals surface area contributed by atoms with Gasteiger partial charge in [-0.05, 0) is 17.4 Å². The molecule has 1 fully saturated rings. The average molecular weight is 309 g/mol. The van der Waals surface area contributed by atoms with Crippen molar-refractivity contribution in [2.45, 2.75) is 26.3 Å². The van der Waals surface area contributed by atoms with Crippen molar-refractivity contribution in [3.8, 4) is 0 Å². The normalized spacial score (nSPS) is 17.1. The van der Waals surface area contributed by atoms with Gasteiger partial charge in [0.25, 0.3) is 5.91 Å². The van der Waals surface area contributed by atoms with E-state index in [1.54, 1.807) is 0 Å². The molecule has 1 aliphatic heterocycles. The maximum Gasteiger partial charge on any atom is 0.264 e. The Bertz CT molecular complexity index is 479. The molecule has 1 aromatic heterocycles. The van der Waals surface area contributed by atoms with Gasteiger partial charge >= 0.3 is 0 Å². The molecule has 1 atom stereocenters. The minimum Gasteiger partial charge on any atom is -0.339 e. The molecule has 1 saturated heterocycles. The van der Waals surface area contributed by atoms with E-state index >= 15 is 0 Å². The van der Waals surface area contributed by atoms with E-state index in [2.05, 4.69) is 0 Å². The molecule has 116 valence electrons. The molecule has 2 rings (SSSR count). The van der Waals surface area contributed by atoms with E-state index in [0.717, 1.165) is 4.88 Å². The first kappa shape index (κ1) is 16.0. The lowest BCUT2D eigenvalue weighted by atomic mass is 10.0. The van der Waals surface area contributed by atoms with Crippen LogP contribution in [0.3, 0.4) is 0 Å². The van der Waals surface area contributed by atoms with Crippen molar-refractivity contribution in [3.63, 3.8) is 0 Å². The van der Waals surface area contributed by atoms with Crippen LogP contribution in [0, 0.1) is 5.92 Å². The zero-order valence-electron chi connectivity index (χ0n) is 12.6. The standard InChI is InChI=1S/C15H23N3O2S/c1-11(2)12(16)10-14(19)17-5-7-18(8-6-17)15(20)13-4-3-9-21-13/h3-4,9,11-12H,5-8,10,16H2,1-2H3. The number of carbonyl (C=O) groups is 2. The number of nitrogens with two attached hydrogens (primary N) is 1. The molecule has 2 heterocycles. The van der Waals surface area contributed by atoms with Crippen molar-refractivity contribution in [2.24, 2.45) is 11.7 Å². The van der Waals surface area contributed by atoms with Crippen LogP contribution in [0.15, 0.2) is 17.5 Å². The second kappa shape index (κ2) is 7.04. The second-order valence-electron chi connectivity index (χ2n) is 5.76. The zero-order valence-corrected chi connectivity index (χ0v) is 13.4. The third-order valence-electron chi connectivity index (χ3n) is 3.92.